The first-order chi connectivity index (χ1) is 19.8. The lowest BCUT2D eigenvalue weighted by atomic mass is 9.94. The first kappa shape index (κ1) is 27.8. The molecule has 214 valence electrons. The molecule has 0 radical (unpaired) electrons. The first-order valence-corrected chi connectivity index (χ1v) is 15.5. The zero-order valence-corrected chi connectivity index (χ0v) is 23.6. The number of benzene rings is 2. The summed E-state index contributed by atoms with van der Waals surface area (Å²) in [6.07, 6.45) is 6.25. The predicted octanol–water partition coefficient (Wildman–Crippen LogP) is 5.22. The number of nitrogens with zero attached hydrogens (tertiary/aromatic N) is 2. The Balaban J connectivity index is 1.47. The van der Waals surface area contributed by atoms with Crippen molar-refractivity contribution >= 4 is 34.7 Å². The van der Waals surface area contributed by atoms with Crippen LogP contribution in [0.15, 0.2) is 58.7 Å². The average molecular weight is 599 g/mol. The second kappa shape index (κ2) is 11.5. The number of allylic oxidation sites excluding steroid dienone is 1. The highest BCUT2D eigenvalue weighted by atomic mass is 32.2. The van der Waals surface area contributed by atoms with E-state index in [9.17, 15) is 18.8 Å². The van der Waals surface area contributed by atoms with Crippen LogP contribution in [0.2, 0.25) is 0 Å². The summed E-state index contributed by atoms with van der Waals surface area (Å²) in [6, 6.07) is 9.31. The molecule has 1 aromatic heterocycles. The van der Waals surface area contributed by atoms with Crippen molar-refractivity contribution in [2.75, 3.05) is 6.61 Å². The van der Waals surface area contributed by atoms with Crippen LogP contribution in [0.5, 0.6) is 0 Å². The lowest BCUT2D eigenvalue weighted by Crippen LogP contribution is -2.25. The van der Waals surface area contributed by atoms with Crippen molar-refractivity contribution in [1.29, 1.82) is 0 Å². The van der Waals surface area contributed by atoms with Crippen LogP contribution in [0, 0.1) is 17.6 Å². The number of nitrogens with two attached hydrogens (primary N) is 1. The molecule has 0 bridgehead atoms. The van der Waals surface area contributed by atoms with E-state index in [1.807, 2.05) is 4.68 Å². The largest absolute Gasteiger partial charge is 0.593 e. The van der Waals surface area contributed by atoms with Crippen molar-refractivity contribution < 1.29 is 28.0 Å². The number of halogens is 2. The Kier molecular flexibility index (Phi) is 7.82. The Hall–Kier alpha value is -3.32. The average Bonchev–Trinajstić information content (AvgIpc) is 3.51. The van der Waals surface area contributed by atoms with E-state index in [-0.39, 0.29) is 16.4 Å². The molecule has 2 aliphatic heterocycles. The van der Waals surface area contributed by atoms with Gasteiger partial charge in [-0.15, -0.1) is 5.14 Å². The number of carboxylic acids is 1. The van der Waals surface area contributed by atoms with E-state index in [1.165, 1.54) is 30.0 Å². The summed E-state index contributed by atoms with van der Waals surface area (Å²) >= 11 is -0.647. The molecule has 2 atom stereocenters. The molecule has 2 unspecified atom stereocenters. The van der Waals surface area contributed by atoms with Crippen LogP contribution in [0.3, 0.4) is 0 Å². The number of nitrogens with one attached hydrogen (secondary N) is 1. The molecule has 1 aliphatic carbocycles. The molecule has 12 heteroatoms. The number of carboxylic acid groups (broad SMARTS) is 1. The molecule has 3 aliphatic rings. The van der Waals surface area contributed by atoms with Crippen molar-refractivity contribution in [3.05, 3.63) is 87.8 Å². The highest BCUT2D eigenvalue weighted by Crippen LogP contribution is 2.41. The molecule has 8 nitrogen and oxygen atoms in total. The topological polar surface area (TPSA) is 125 Å². The van der Waals surface area contributed by atoms with Gasteiger partial charge in [-0.05, 0) is 79.5 Å². The van der Waals surface area contributed by atoms with E-state index in [1.54, 1.807) is 29.9 Å². The number of carbonyl (C=O) groups is 1. The van der Waals surface area contributed by atoms with E-state index in [2.05, 4.69) is 5.32 Å². The lowest BCUT2D eigenvalue weighted by Gasteiger charge is -2.16. The lowest BCUT2D eigenvalue weighted by molar-refractivity contribution is -0.133. The third-order valence-corrected chi connectivity index (χ3v) is 9.17. The Morgan fingerprint density at radius 3 is 2.73 bits per heavy atom. The Labute approximate surface area is 243 Å². The summed E-state index contributed by atoms with van der Waals surface area (Å²) in [7, 11) is 0. The number of hydrogen-bond donors (Lipinski definition) is 3. The van der Waals surface area contributed by atoms with Crippen LogP contribution in [0.25, 0.3) is 16.8 Å². The van der Waals surface area contributed by atoms with Crippen molar-refractivity contribution in [2.45, 2.75) is 48.9 Å². The van der Waals surface area contributed by atoms with Crippen LogP contribution in [-0.4, -0.2) is 32.0 Å². The van der Waals surface area contributed by atoms with Gasteiger partial charge < -0.3 is 19.7 Å². The van der Waals surface area contributed by atoms with Gasteiger partial charge in [0, 0.05) is 34.2 Å². The smallest absolute Gasteiger partial charge is 0.352 e. The van der Waals surface area contributed by atoms with Crippen LogP contribution >= 0.6 is 11.8 Å². The van der Waals surface area contributed by atoms with E-state index in [0.29, 0.717) is 54.2 Å². The standard InChI is InChI=1S/C29H28F2N4O4S2/c30-22-7-6-18(13-20(22)19-2-1-9-39-14-19)27-21(10-17-5-8-26(41(32)38)23(31)11-17)25(12-16-3-4-16)35(34-27)29-33-24(15-40-29)28(36)37/h5-8,11,13-16,29,33H,1-4,9-10,12,32H2,(H,36,37). The summed E-state index contributed by atoms with van der Waals surface area (Å²) in [6.45, 7) is 0.593. The Morgan fingerprint density at radius 1 is 1.24 bits per heavy atom. The fourth-order valence-electron chi connectivity index (χ4n) is 5.19. The summed E-state index contributed by atoms with van der Waals surface area (Å²) < 4.78 is 48.8. The van der Waals surface area contributed by atoms with Gasteiger partial charge in [0.25, 0.3) is 0 Å². The van der Waals surface area contributed by atoms with Crippen LogP contribution in [0.4, 0.5) is 8.78 Å². The number of thioether (sulfide) groups is 1. The normalized spacial score (nSPS) is 19.3. The number of ether oxygens (including phenoxy) is 1. The van der Waals surface area contributed by atoms with Gasteiger partial charge >= 0.3 is 5.97 Å². The van der Waals surface area contributed by atoms with E-state index < -0.39 is 28.6 Å². The zero-order valence-electron chi connectivity index (χ0n) is 21.9. The van der Waals surface area contributed by atoms with E-state index in [0.717, 1.165) is 36.1 Å². The minimum atomic E-state index is -1.95. The van der Waals surface area contributed by atoms with Crippen LogP contribution in [-0.2, 0) is 33.7 Å². The van der Waals surface area contributed by atoms with Gasteiger partial charge in [-0.3, -0.25) is 0 Å². The zero-order chi connectivity index (χ0) is 28.7. The minimum absolute atomic E-state index is 0.0761. The van der Waals surface area contributed by atoms with Gasteiger partial charge in [0.1, 0.15) is 11.5 Å². The van der Waals surface area contributed by atoms with Crippen molar-refractivity contribution in [3.63, 3.8) is 0 Å². The second-order valence-corrected chi connectivity index (χ2v) is 12.4. The molecule has 6 rings (SSSR count). The minimum Gasteiger partial charge on any atom is -0.593 e. The molecule has 1 fully saturated rings. The van der Waals surface area contributed by atoms with Gasteiger partial charge in [-0.25, -0.2) is 18.3 Å². The monoisotopic (exact) mass is 598 g/mol. The van der Waals surface area contributed by atoms with Crippen molar-refractivity contribution in [2.24, 2.45) is 11.1 Å². The first-order valence-electron chi connectivity index (χ1n) is 13.3. The summed E-state index contributed by atoms with van der Waals surface area (Å²) in [5.41, 5.74) is 4.48. The molecule has 0 spiro atoms. The highest BCUT2D eigenvalue weighted by molar-refractivity contribution is 8.02. The van der Waals surface area contributed by atoms with Gasteiger partial charge in [0.05, 0.1) is 29.9 Å². The summed E-state index contributed by atoms with van der Waals surface area (Å²) in [5.74, 6) is -1.61. The molecule has 1 saturated carbocycles. The molecular formula is C29H28F2N4O4S2. The molecule has 41 heavy (non-hydrogen) atoms. The van der Waals surface area contributed by atoms with Crippen molar-refractivity contribution in [1.82, 2.24) is 15.1 Å². The van der Waals surface area contributed by atoms with Crippen molar-refractivity contribution in [3.8, 4) is 11.3 Å². The maximum atomic E-state index is 15.0. The summed E-state index contributed by atoms with van der Waals surface area (Å²) in [4.78, 5) is 11.5. The molecule has 0 amide bonds. The molecule has 0 saturated heterocycles. The quantitative estimate of drug-likeness (QED) is 0.286. The predicted molar refractivity (Wildman–Crippen MR) is 152 cm³/mol. The van der Waals surface area contributed by atoms with Crippen LogP contribution in [0.1, 0.15) is 53.6 Å². The van der Waals surface area contributed by atoms with Gasteiger partial charge in [-0.1, -0.05) is 17.8 Å². The molecule has 2 aromatic carbocycles. The van der Waals surface area contributed by atoms with E-state index in [4.69, 9.17) is 15.0 Å². The number of hydrogen-bond acceptors (Lipinski definition) is 7. The third kappa shape index (κ3) is 5.87. The number of aliphatic carboxylic acids is 1. The molecule has 3 heterocycles. The fourth-order valence-corrected chi connectivity index (χ4v) is 6.57. The third-order valence-electron chi connectivity index (χ3n) is 7.46. The van der Waals surface area contributed by atoms with Gasteiger partial charge in [-0.2, -0.15) is 5.10 Å². The number of rotatable bonds is 9. The molecule has 3 aromatic rings. The van der Waals surface area contributed by atoms with E-state index >= 15 is 4.39 Å². The second-order valence-electron chi connectivity index (χ2n) is 10.4. The van der Waals surface area contributed by atoms with Gasteiger partial charge in [0.2, 0.25) is 4.90 Å². The maximum absolute atomic E-state index is 15.0. The molecular weight excluding hydrogens is 570 g/mol. The van der Waals surface area contributed by atoms with Crippen LogP contribution < -0.4 is 10.5 Å². The SMILES string of the molecule is N[S+]([O-])c1ccc(Cc2c(-c3ccc(F)c(C4=COCCC4)c3)nn(C3NC(C(=O)O)=CS3)c2CC2CC2)cc1F. The highest BCUT2D eigenvalue weighted by Gasteiger charge is 2.32. The Bertz CT molecular complexity index is 1570. The molecule has 4 N–H and O–H groups in total. The Morgan fingerprint density at radius 2 is 2.07 bits per heavy atom. The number of aromatic nitrogens is 2. The fraction of sp³-hybridized carbons (Fsp3) is 0.310. The maximum Gasteiger partial charge on any atom is 0.352 e. The summed E-state index contributed by atoms with van der Waals surface area (Å²) in [5, 5.41) is 24.5. The van der Waals surface area contributed by atoms with Gasteiger partial charge in [0.15, 0.2) is 11.3 Å².